The maximum absolute atomic E-state index is 12.1. The van der Waals surface area contributed by atoms with Gasteiger partial charge in [0, 0.05) is 17.7 Å². The van der Waals surface area contributed by atoms with Crippen LogP contribution in [-0.2, 0) is 6.54 Å². The fraction of sp³-hybridized carbons (Fsp3) is 0.120. The zero-order chi connectivity index (χ0) is 22.1. The fourth-order valence-corrected chi connectivity index (χ4v) is 2.94. The van der Waals surface area contributed by atoms with Crippen molar-refractivity contribution in [3.8, 4) is 17.6 Å². The van der Waals surface area contributed by atoms with Crippen LogP contribution in [0.15, 0.2) is 77.9 Å². The molecular formula is C25H22ClN3O2. The van der Waals surface area contributed by atoms with Crippen molar-refractivity contribution in [3.63, 3.8) is 0 Å². The third-order valence-corrected chi connectivity index (χ3v) is 4.68. The van der Waals surface area contributed by atoms with Gasteiger partial charge in [0.1, 0.15) is 5.75 Å². The highest BCUT2D eigenvalue weighted by atomic mass is 35.5. The highest BCUT2D eigenvalue weighted by Crippen LogP contribution is 2.23. The van der Waals surface area contributed by atoms with Crippen LogP contribution in [0.5, 0.6) is 5.75 Å². The van der Waals surface area contributed by atoms with E-state index in [0.717, 1.165) is 17.7 Å². The number of carbonyl (C=O) groups excluding carboxylic acids is 1. The van der Waals surface area contributed by atoms with Gasteiger partial charge in [-0.25, -0.2) is 5.43 Å². The van der Waals surface area contributed by atoms with Crippen LogP contribution in [-0.4, -0.2) is 35.7 Å². The molecule has 0 aromatic heterocycles. The number of phenolic OH excluding ortho intramolecular Hbond substituents is 1. The van der Waals surface area contributed by atoms with Crippen LogP contribution >= 0.6 is 11.6 Å². The van der Waals surface area contributed by atoms with Gasteiger partial charge in [-0.3, -0.25) is 9.69 Å². The Labute approximate surface area is 187 Å². The first-order valence-electron chi connectivity index (χ1n) is 9.64. The van der Waals surface area contributed by atoms with E-state index in [-0.39, 0.29) is 10.8 Å². The number of benzene rings is 3. The topological polar surface area (TPSA) is 64.9 Å². The lowest BCUT2D eigenvalue weighted by Gasteiger charge is -2.12. The molecule has 3 aromatic rings. The molecule has 0 bridgehead atoms. The molecule has 0 saturated heterocycles. The Bertz CT molecular complexity index is 1120. The first kappa shape index (κ1) is 22.1. The predicted molar refractivity (Wildman–Crippen MR) is 124 cm³/mol. The summed E-state index contributed by atoms with van der Waals surface area (Å²) in [6, 6.07) is 22.1. The van der Waals surface area contributed by atoms with E-state index in [1.54, 1.807) is 6.21 Å². The number of aromatic hydroxyl groups is 1. The fourth-order valence-electron chi connectivity index (χ4n) is 2.76. The van der Waals surface area contributed by atoms with Gasteiger partial charge in [0.15, 0.2) is 0 Å². The number of carbonyl (C=O) groups is 1. The molecule has 0 saturated carbocycles. The van der Waals surface area contributed by atoms with Gasteiger partial charge in [0.2, 0.25) is 0 Å². The highest BCUT2D eigenvalue weighted by Gasteiger charge is 2.07. The van der Waals surface area contributed by atoms with Crippen LogP contribution in [0.4, 0.5) is 0 Å². The molecule has 0 aliphatic rings. The van der Waals surface area contributed by atoms with Crippen molar-refractivity contribution in [1.82, 2.24) is 10.3 Å². The molecule has 0 heterocycles. The summed E-state index contributed by atoms with van der Waals surface area (Å²) in [4.78, 5) is 14.2. The molecular weight excluding hydrogens is 410 g/mol. The van der Waals surface area contributed by atoms with Crippen molar-refractivity contribution in [2.75, 3.05) is 13.6 Å². The number of rotatable bonds is 6. The first-order chi connectivity index (χ1) is 15.0. The van der Waals surface area contributed by atoms with Gasteiger partial charge in [-0.05, 0) is 48.5 Å². The minimum absolute atomic E-state index is 0.0762. The van der Waals surface area contributed by atoms with Crippen LogP contribution in [0, 0.1) is 11.8 Å². The van der Waals surface area contributed by atoms with Gasteiger partial charge < -0.3 is 5.11 Å². The van der Waals surface area contributed by atoms with Gasteiger partial charge in [-0.1, -0.05) is 65.9 Å². The Kier molecular flexibility index (Phi) is 7.83. The average molecular weight is 432 g/mol. The molecule has 1 amide bonds. The van der Waals surface area contributed by atoms with Crippen molar-refractivity contribution in [2.24, 2.45) is 5.10 Å². The predicted octanol–water partition coefficient (Wildman–Crippen LogP) is 4.29. The molecule has 0 fully saturated rings. The summed E-state index contributed by atoms with van der Waals surface area (Å²) in [6.07, 6.45) is 1.55. The Morgan fingerprint density at radius 1 is 1.13 bits per heavy atom. The molecule has 2 N–H and O–H groups in total. The smallest absolute Gasteiger partial charge is 0.271 e. The third kappa shape index (κ3) is 7.00. The van der Waals surface area contributed by atoms with Crippen LogP contribution < -0.4 is 5.43 Å². The molecule has 6 heteroatoms. The van der Waals surface area contributed by atoms with Crippen molar-refractivity contribution >= 4 is 23.7 Å². The van der Waals surface area contributed by atoms with Gasteiger partial charge in [0.25, 0.3) is 5.91 Å². The summed E-state index contributed by atoms with van der Waals surface area (Å²) in [5, 5.41) is 13.5. The lowest BCUT2D eigenvalue weighted by molar-refractivity contribution is 0.0955. The van der Waals surface area contributed by atoms with E-state index < -0.39 is 5.91 Å². The van der Waals surface area contributed by atoms with Gasteiger partial charge in [-0.2, -0.15) is 5.10 Å². The van der Waals surface area contributed by atoms with E-state index in [1.807, 2.05) is 49.5 Å². The largest absolute Gasteiger partial charge is 0.506 e. The normalized spacial score (nSPS) is 10.7. The van der Waals surface area contributed by atoms with E-state index in [2.05, 4.69) is 39.4 Å². The van der Waals surface area contributed by atoms with Crippen LogP contribution in [0.25, 0.3) is 0 Å². The number of amides is 1. The second-order valence-electron chi connectivity index (χ2n) is 6.95. The SMILES string of the molecule is CN(CC#Cc1ccc(C=NNC(=O)c2ccc(O)c(Cl)c2)cc1)Cc1ccccc1. The molecule has 0 atom stereocenters. The molecule has 0 spiro atoms. The van der Waals surface area contributed by atoms with Crippen LogP contribution in [0.1, 0.15) is 27.0 Å². The maximum Gasteiger partial charge on any atom is 0.271 e. The number of hydrogen-bond acceptors (Lipinski definition) is 4. The van der Waals surface area contributed by atoms with Crippen LogP contribution in [0.3, 0.4) is 0 Å². The van der Waals surface area contributed by atoms with Crippen LogP contribution in [0.2, 0.25) is 5.02 Å². The summed E-state index contributed by atoms with van der Waals surface area (Å²) in [5.41, 5.74) is 5.74. The summed E-state index contributed by atoms with van der Waals surface area (Å²) >= 11 is 5.81. The Morgan fingerprint density at radius 2 is 1.87 bits per heavy atom. The summed E-state index contributed by atoms with van der Waals surface area (Å²) in [5.74, 6) is 5.85. The number of phenols is 1. The Hall–Kier alpha value is -3.59. The lowest BCUT2D eigenvalue weighted by Crippen LogP contribution is -2.17. The molecule has 3 aromatic carbocycles. The molecule has 31 heavy (non-hydrogen) atoms. The van der Waals surface area contributed by atoms with Crippen molar-refractivity contribution in [3.05, 3.63) is 100 Å². The highest BCUT2D eigenvalue weighted by molar-refractivity contribution is 6.32. The molecule has 5 nitrogen and oxygen atoms in total. The second kappa shape index (κ2) is 11.0. The lowest BCUT2D eigenvalue weighted by atomic mass is 10.1. The first-order valence-corrected chi connectivity index (χ1v) is 10.0. The summed E-state index contributed by atoms with van der Waals surface area (Å²) in [7, 11) is 2.04. The summed E-state index contributed by atoms with van der Waals surface area (Å²) < 4.78 is 0. The van der Waals surface area contributed by atoms with Crippen molar-refractivity contribution in [1.29, 1.82) is 0 Å². The summed E-state index contributed by atoms with van der Waals surface area (Å²) in [6.45, 7) is 1.53. The molecule has 3 rings (SSSR count). The van der Waals surface area contributed by atoms with E-state index >= 15 is 0 Å². The third-order valence-electron chi connectivity index (χ3n) is 4.38. The minimum atomic E-state index is -0.416. The van der Waals surface area contributed by atoms with E-state index in [9.17, 15) is 9.90 Å². The zero-order valence-electron chi connectivity index (χ0n) is 17.0. The standard InChI is InChI=1S/C25H22ClN3O2/c1-29(18-21-6-3-2-4-7-21)15-5-8-19-9-11-20(12-10-19)17-27-28-25(31)22-13-14-24(30)23(26)16-22/h2-4,6-7,9-14,16-17,30H,15,18H2,1H3,(H,28,31). The van der Waals surface area contributed by atoms with Gasteiger partial charge in [0.05, 0.1) is 17.8 Å². The zero-order valence-corrected chi connectivity index (χ0v) is 17.8. The number of hydrogen-bond donors (Lipinski definition) is 2. The monoisotopic (exact) mass is 431 g/mol. The van der Waals surface area contributed by atoms with Crippen molar-refractivity contribution in [2.45, 2.75) is 6.54 Å². The number of nitrogens with zero attached hydrogens (tertiary/aromatic N) is 2. The number of nitrogens with one attached hydrogen (secondary N) is 1. The molecule has 0 aliphatic carbocycles. The number of halogens is 1. The quantitative estimate of drug-likeness (QED) is 0.347. The van der Waals surface area contributed by atoms with Crippen molar-refractivity contribution < 1.29 is 9.90 Å². The molecule has 156 valence electrons. The Balaban J connectivity index is 1.49. The van der Waals surface area contributed by atoms with E-state index in [1.165, 1.54) is 23.8 Å². The maximum atomic E-state index is 12.1. The molecule has 0 radical (unpaired) electrons. The second-order valence-corrected chi connectivity index (χ2v) is 7.35. The van der Waals surface area contributed by atoms with E-state index in [0.29, 0.717) is 12.1 Å². The molecule has 0 unspecified atom stereocenters. The number of hydrazone groups is 1. The van der Waals surface area contributed by atoms with E-state index in [4.69, 9.17) is 11.6 Å². The van der Waals surface area contributed by atoms with Gasteiger partial charge in [-0.15, -0.1) is 0 Å². The minimum Gasteiger partial charge on any atom is -0.506 e. The molecule has 0 aliphatic heterocycles. The average Bonchev–Trinajstić information content (AvgIpc) is 2.77. The Morgan fingerprint density at radius 3 is 2.58 bits per heavy atom. The van der Waals surface area contributed by atoms with Gasteiger partial charge >= 0.3 is 0 Å².